The molecule has 0 saturated carbocycles. The highest BCUT2D eigenvalue weighted by atomic mass is 15.3. The highest BCUT2D eigenvalue weighted by molar-refractivity contribution is 5.49. The molecular formula is C22H33N7. The number of pyridine rings is 1. The normalized spacial score (nSPS) is 21.8. The van der Waals surface area contributed by atoms with Gasteiger partial charge in [-0.3, -0.25) is 4.90 Å². The van der Waals surface area contributed by atoms with Gasteiger partial charge in [-0.1, -0.05) is 13.0 Å². The van der Waals surface area contributed by atoms with Gasteiger partial charge in [0, 0.05) is 64.1 Å². The highest BCUT2D eigenvalue weighted by Gasteiger charge is 2.20. The van der Waals surface area contributed by atoms with Gasteiger partial charge in [0.1, 0.15) is 23.8 Å². The van der Waals surface area contributed by atoms with E-state index in [1.54, 1.807) is 6.33 Å². The molecule has 0 spiro atoms. The summed E-state index contributed by atoms with van der Waals surface area (Å²) in [5.41, 5.74) is 0. The van der Waals surface area contributed by atoms with Gasteiger partial charge in [-0.2, -0.15) is 0 Å². The molecule has 2 aliphatic heterocycles. The first-order valence-corrected chi connectivity index (χ1v) is 10.9. The summed E-state index contributed by atoms with van der Waals surface area (Å²) in [5.74, 6) is 3.79. The third-order valence-electron chi connectivity index (χ3n) is 5.91. The quantitative estimate of drug-likeness (QED) is 0.807. The van der Waals surface area contributed by atoms with Gasteiger partial charge in [-0.05, 0) is 37.8 Å². The second kappa shape index (κ2) is 9.39. The van der Waals surface area contributed by atoms with Crippen LogP contribution in [0.15, 0.2) is 36.8 Å². The zero-order valence-electron chi connectivity index (χ0n) is 17.7. The van der Waals surface area contributed by atoms with Crippen LogP contribution in [0, 0.1) is 5.92 Å². The first kappa shape index (κ1) is 19.9. The molecular weight excluding hydrogens is 362 g/mol. The van der Waals surface area contributed by atoms with Crippen LogP contribution in [-0.2, 0) is 0 Å². The van der Waals surface area contributed by atoms with E-state index in [2.05, 4.69) is 67.0 Å². The number of piperidine rings is 1. The van der Waals surface area contributed by atoms with E-state index < -0.39 is 0 Å². The van der Waals surface area contributed by atoms with Gasteiger partial charge in [0.15, 0.2) is 0 Å². The molecule has 0 aliphatic carbocycles. The number of aromatic nitrogens is 3. The van der Waals surface area contributed by atoms with Crippen LogP contribution >= 0.6 is 0 Å². The van der Waals surface area contributed by atoms with Gasteiger partial charge in [-0.25, -0.2) is 15.0 Å². The second-order valence-corrected chi connectivity index (χ2v) is 8.48. The molecule has 2 atom stereocenters. The molecule has 0 bridgehead atoms. The highest BCUT2D eigenvalue weighted by Crippen LogP contribution is 2.22. The molecule has 4 heterocycles. The average Bonchev–Trinajstić information content (AvgIpc) is 2.75. The van der Waals surface area contributed by atoms with Crippen LogP contribution in [0.4, 0.5) is 17.5 Å². The van der Waals surface area contributed by atoms with Crippen molar-refractivity contribution in [3.05, 3.63) is 36.8 Å². The lowest BCUT2D eigenvalue weighted by Crippen LogP contribution is -2.49. The van der Waals surface area contributed by atoms with E-state index in [-0.39, 0.29) is 0 Å². The molecule has 2 saturated heterocycles. The third-order valence-corrected chi connectivity index (χ3v) is 5.91. The predicted octanol–water partition coefficient (Wildman–Crippen LogP) is 2.73. The summed E-state index contributed by atoms with van der Waals surface area (Å²) >= 11 is 0. The van der Waals surface area contributed by atoms with Crippen molar-refractivity contribution in [3.63, 3.8) is 0 Å². The summed E-state index contributed by atoms with van der Waals surface area (Å²) in [6, 6.07) is 8.56. The minimum atomic E-state index is 0.333. The molecule has 4 rings (SSSR count). The van der Waals surface area contributed by atoms with Gasteiger partial charge in [0.25, 0.3) is 0 Å². The number of hydrogen-bond acceptors (Lipinski definition) is 7. The van der Waals surface area contributed by atoms with Gasteiger partial charge in [0.05, 0.1) is 0 Å². The van der Waals surface area contributed by atoms with E-state index in [1.807, 2.05) is 12.3 Å². The van der Waals surface area contributed by atoms with E-state index in [9.17, 15) is 0 Å². The van der Waals surface area contributed by atoms with Crippen LogP contribution in [0.1, 0.15) is 26.7 Å². The van der Waals surface area contributed by atoms with E-state index in [1.165, 1.54) is 12.8 Å². The average molecular weight is 396 g/mol. The Labute approximate surface area is 174 Å². The molecule has 1 N–H and O–H groups in total. The van der Waals surface area contributed by atoms with Crippen LogP contribution in [-0.4, -0.2) is 71.7 Å². The van der Waals surface area contributed by atoms with Crippen molar-refractivity contribution in [1.82, 2.24) is 19.9 Å². The maximum atomic E-state index is 4.51. The Kier molecular flexibility index (Phi) is 6.44. The first-order chi connectivity index (χ1) is 14.2. The van der Waals surface area contributed by atoms with Crippen LogP contribution in [0.3, 0.4) is 0 Å². The number of nitrogens with zero attached hydrogens (tertiary/aromatic N) is 6. The van der Waals surface area contributed by atoms with E-state index in [0.29, 0.717) is 6.04 Å². The Balaban J connectivity index is 1.27. The smallest absolute Gasteiger partial charge is 0.134 e. The largest absolute Gasteiger partial charge is 0.366 e. The molecule has 0 aromatic carbocycles. The van der Waals surface area contributed by atoms with Gasteiger partial charge in [0.2, 0.25) is 0 Å². The molecule has 0 amide bonds. The van der Waals surface area contributed by atoms with Crippen LogP contribution in [0.25, 0.3) is 0 Å². The Hall–Kier alpha value is -2.41. The summed E-state index contributed by atoms with van der Waals surface area (Å²) in [7, 11) is 0. The molecule has 2 aromatic rings. The van der Waals surface area contributed by atoms with Crippen molar-refractivity contribution in [2.75, 3.05) is 60.9 Å². The zero-order valence-corrected chi connectivity index (χ0v) is 17.7. The van der Waals surface area contributed by atoms with E-state index in [4.69, 9.17) is 0 Å². The van der Waals surface area contributed by atoms with Crippen molar-refractivity contribution in [3.8, 4) is 0 Å². The monoisotopic (exact) mass is 395 g/mol. The Morgan fingerprint density at radius 1 is 1.03 bits per heavy atom. The fraction of sp³-hybridized carbons (Fsp3) is 0.591. The number of piperazine rings is 1. The SMILES string of the molecule is CC1CCCN(c2cc(NC(C)CN3CCN(c4ccccn4)CC3)ncn2)C1. The lowest BCUT2D eigenvalue weighted by molar-refractivity contribution is 0.250. The number of nitrogens with one attached hydrogen (secondary N) is 1. The molecule has 2 unspecified atom stereocenters. The molecule has 7 heteroatoms. The van der Waals surface area contributed by atoms with Crippen molar-refractivity contribution in [2.45, 2.75) is 32.7 Å². The molecule has 0 radical (unpaired) electrons. The van der Waals surface area contributed by atoms with Crippen LogP contribution < -0.4 is 15.1 Å². The summed E-state index contributed by atoms with van der Waals surface area (Å²) in [6.45, 7) is 11.9. The first-order valence-electron chi connectivity index (χ1n) is 10.9. The Morgan fingerprint density at radius 2 is 1.90 bits per heavy atom. The van der Waals surface area contributed by atoms with Crippen molar-refractivity contribution in [1.29, 1.82) is 0 Å². The summed E-state index contributed by atoms with van der Waals surface area (Å²) in [6.07, 6.45) is 6.12. The lowest BCUT2D eigenvalue weighted by atomic mass is 10.0. The maximum absolute atomic E-state index is 4.51. The lowest BCUT2D eigenvalue weighted by Gasteiger charge is -2.36. The molecule has 2 fully saturated rings. The maximum Gasteiger partial charge on any atom is 0.134 e. The minimum absolute atomic E-state index is 0.333. The third kappa shape index (κ3) is 5.35. The van der Waals surface area contributed by atoms with Gasteiger partial charge in [-0.15, -0.1) is 0 Å². The number of rotatable bonds is 6. The molecule has 2 aromatic heterocycles. The molecule has 7 nitrogen and oxygen atoms in total. The standard InChI is InChI=1S/C22H33N7/c1-18-6-5-9-29(15-18)22-14-20(24-17-25-22)26-19(2)16-27-10-12-28(13-11-27)21-7-3-4-8-23-21/h3-4,7-8,14,17-19H,5-6,9-13,15-16H2,1-2H3,(H,24,25,26). The summed E-state index contributed by atoms with van der Waals surface area (Å²) in [5, 5.41) is 3.58. The molecule has 2 aliphatic rings. The van der Waals surface area contributed by atoms with E-state index >= 15 is 0 Å². The van der Waals surface area contributed by atoms with Crippen LogP contribution in [0.5, 0.6) is 0 Å². The van der Waals surface area contributed by atoms with Crippen molar-refractivity contribution in [2.24, 2.45) is 5.92 Å². The summed E-state index contributed by atoms with van der Waals surface area (Å²) in [4.78, 5) is 20.7. The second-order valence-electron chi connectivity index (χ2n) is 8.48. The fourth-order valence-corrected chi connectivity index (χ4v) is 4.38. The topological polar surface area (TPSA) is 60.4 Å². The zero-order chi connectivity index (χ0) is 20.1. The van der Waals surface area contributed by atoms with Crippen LogP contribution in [0.2, 0.25) is 0 Å². The van der Waals surface area contributed by atoms with E-state index in [0.717, 1.165) is 69.2 Å². The van der Waals surface area contributed by atoms with Gasteiger partial charge >= 0.3 is 0 Å². The predicted molar refractivity (Wildman–Crippen MR) is 119 cm³/mol. The minimum Gasteiger partial charge on any atom is -0.366 e. The fourth-order valence-electron chi connectivity index (χ4n) is 4.38. The summed E-state index contributed by atoms with van der Waals surface area (Å²) < 4.78 is 0. The number of hydrogen-bond donors (Lipinski definition) is 1. The molecule has 156 valence electrons. The Morgan fingerprint density at radius 3 is 2.66 bits per heavy atom. The Bertz CT molecular complexity index is 761. The van der Waals surface area contributed by atoms with Gasteiger partial charge < -0.3 is 15.1 Å². The number of anilines is 3. The molecule has 29 heavy (non-hydrogen) atoms. The van der Waals surface area contributed by atoms with Crippen molar-refractivity contribution >= 4 is 17.5 Å². The van der Waals surface area contributed by atoms with Crippen molar-refractivity contribution < 1.29 is 0 Å².